The third-order valence-electron chi connectivity index (χ3n) is 4.89. The Balaban J connectivity index is 1.72. The number of nitrogens with one attached hydrogen (secondary N) is 1. The highest BCUT2D eigenvalue weighted by Crippen LogP contribution is 2.35. The van der Waals surface area contributed by atoms with E-state index in [9.17, 15) is 9.59 Å². The highest BCUT2D eigenvalue weighted by atomic mass is 16.5. The fraction of sp³-hybridized carbons (Fsp3) is 0.391. The van der Waals surface area contributed by atoms with E-state index in [0.29, 0.717) is 30.0 Å². The SMILES string of the molecule is CCOc1cc2c(cc1CNC(=O)Cc1cc(C(C)=O)ccc1OC)O[C@H](C)C2. The van der Waals surface area contributed by atoms with Crippen LogP contribution in [0.15, 0.2) is 30.3 Å². The monoisotopic (exact) mass is 397 g/mol. The molecule has 0 unspecified atom stereocenters. The minimum Gasteiger partial charge on any atom is -0.496 e. The van der Waals surface area contributed by atoms with Gasteiger partial charge in [-0.05, 0) is 51.1 Å². The summed E-state index contributed by atoms with van der Waals surface area (Å²) in [4.78, 5) is 24.2. The molecule has 0 bridgehead atoms. The van der Waals surface area contributed by atoms with Gasteiger partial charge in [0, 0.05) is 35.2 Å². The number of fused-ring (bicyclic) bond motifs is 1. The van der Waals surface area contributed by atoms with Crippen LogP contribution in [0.25, 0.3) is 0 Å². The number of carbonyl (C=O) groups excluding carboxylic acids is 2. The number of ether oxygens (including phenoxy) is 3. The zero-order valence-electron chi connectivity index (χ0n) is 17.3. The average Bonchev–Trinajstić information content (AvgIpc) is 3.05. The lowest BCUT2D eigenvalue weighted by Gasteiger charge is -2.14. The first-order chi connectivity index (χ1) is 13.9. The molecule has 2 aromatic carbocycles. The molecule has 0 fully saturated rings. The van der Waals surface area contributed by atoms with Crippen molar-refractivity contribution in [3.63, 3.8) is 0 Å². The summed E-state index contributed by atoms with van der Waals surface area (Å²) in [5, 5.41) is 2.93. The van der Waals surface area contributed by atoms with Crippen molar-refractivity contribution in [3.05, 3.63) is 52.6 Å². The van der Waals surface area contributed by atoms with Gasteiger partial charge in [-0.25, -0.2) is 0 Å². The van der Waals surface area contributed by atoms with Gasteiger partial charge in [-0.3, -0.25) is 9.59 Å². The second kappa shape index (κ2) is 8.99. The van der Waals surface area contributed by atoms with Crippen LogP contribution in [-0.4, -0.2) is 31.5 Å². The molecule has 0 saturated heterocycles. The Bertz CT molecular complexity index is 922. The van der Waals surface area contributed by atoms with Crippen molar-refractivity contribution in [2.75, 3.05) is 13.7 Å². The summed E-state index contributed by atoms with van der Waals surface area (Å²) in [6.07, 6.45) is 1.12. The Kier molecular flexibility index (Phi) is 6.42. The van der Waals surface area contributed by atoms with Gasteiger partial charge in [0.15, 0.2) is 5.78 Å². The fourth-order valence-corrected chi connectivity index (χ4v) is 3.47. The van der Waals surface area contributed by atoms with E-state index in [4.69, 9.17) is 14.2 Å². The van der Waals surface area contributed by atoms with E-state index in [1.165, 1.54) is 6.92 Å². The van der Waals surface area contributed by atoms with Crippen molar-refractivity contribution in [2.24, 2.45) is 0 Å². The van der Waals surface area contributed by atoms with Crippen LogP contribution in [0.3, 0.4) is 0 Å². The zero-order chi connectivity index (χ0) is 21.0. The van der Waals surface area contributed by atoms with Crippen LogP contribution < -0.4 is 19.5 Å². The van der Waals surface area contributed by atoms with E-state index in [-0.39, 0.29) is 24.2 Å². The molecule has 1 N–H and O–H groups in total. The zero-order valence-corrected chi connectivity index (χ0v) is 17.3. The molecule has 154 valence electrons. The van der Waals surface area contributed by atoms with Gasteiger partial charge >= 0.3 is 0 Å². The van der Waals surface area contributed by atoms with Crippen molar-refractivity contribution in [2.45, 2.75) is 46.3 Å². The van der Waals surface area contributed by atoms with Crippen LogP contribution in [0, 0.1) is 0 Å². The Morgan fingerprint density at radius 2 is 1.97 bits per heavy atom. The van der Waals surface area contributed by atoms with E-state index in [0.717, 1.165) is 29.0 Å². The Morgan fingerprint density at radius 1 is 1.17 bits per heavy atom. The number of rotatable bonds is 8. The standard InChI is InChI=1S/C23H27NO5/c1-5-28-21-10-17-8-14(2)29-22(17)11-19(21)13-24-23(26)12-18-9-16(15(3)25)6-7-20(18)27-4/h6-7,9-11,14H,5,8,12-13H2,1-4H3,(H,24,26)/t14-/m1/s1. The number of Topliss-reactive ketones (excluding diaryl/α,β-unsaturated/α-hetero) is 1. The summed E-state index contributed by atoms with van der Waals surface area (Å²) in [5.74, 6) is 1.98. The van der Waals surface area contributed by atoms with Gasteiger partial charge in [0.1, 0.15) is 23.4 Å². The quantitative estimate of drug-likeness (QED) is 0.691. The number of benzene rings is 2. The number of hydrogen-bond acceptors (Lipinski definition) is 5. The molecular formula is C23H27NO5. The van der Waals surface area contributed by atoms with Crippen molar-refractivity contribution in [1.82, 2.24) is 5.32 Å². The first kappa shape index (κ1) is 20.7. The number of hydrogen-bond donors (Lipinski definition) is 1. The lowest BCUT2D eigenvalue weighted by molar-refractivity contribution is -0.120. The summed E-state index contributed by atoms with van der Waals surface area (Å²) < 4.78 is 16.9. The molecule has 1 amide bonds. The van der Waals surface area contributed by atoms with Crippen molar-refractivity contribution >= 4 is 11.7 Å². The summed E-state index contributed by atoms with van der Waals surface area (Å²) in [7, 11) is 1.55. The minimum atomic E-state index is -0.166. The summed E-state index contributed by atoms with van der Waals surface area (Å²) in [5.41, 5.74) is 3.23. The maximum absolute atomic E-state index is 12.6. The molecule has 6 heteroatoms. The van der Waals surface area contributed by atoms with Crippen molar-refractivity contribution < 1.29 is 23.8 Å². The number of carbonyl (C=O) groups is 2. The van der Waals surface area contributed by atoms with Gasteiger partial charge < -0.3 is 19.5 Å². The van der Waals surface area contributed by atoms with Gasteiger partial charge in [0.25, 0.3) is 0 Å². The maximum atomic E-state index is 12.6. The van der Waals surface area contributed by atoms with Crippen LogP contribution in [0.2, 0.25) is 0 Å². The topological polar surface area (TPSA) is 73.9 Å². The third kappa shape index (κ3) is 4.88. The minimum absolute atomic E-state index is 0.0527. The van der Waals surface area contributed by atoms with Gasteiger partial charge in [0.2, 0.25) is 5.91 Å². The Hall–Kier alpha value is -3.02. The molecule has 1 heterocycles. The number of ketones is 1. The smallest absolute Gasteiger partial charge is 0.224 e. The van der Waals surface area contributed by atoms with Gasteiger partial charge in [0.05, 0.1) is 20.1 Å². The molecule has 0 saturated carbocycles. The van der Waals surface area contributed by atoms with Gasteiger partial charge in [-0.2, -0.15) is 0 Å². The van der Waals surface area contributed by atoms with Crippen LogP contribution in [0.4, 0.5) is 0 Å². The van der Waals surface area contributed by atoms with Crippen molar-refractivity contribution in [3.8, 4) is 17.2 Å². The summed E-state index contributed by atoms with van der Waals surface area (Å²) >= 11 is 0. The van der Waals surface area contributed by atoms with E-state index < -0.39 is 0 Å². The molecule has 3 rings (SSSR count). The molecule has 0 aliphatic carbocycles. The molecule has 1 aliphatic heterocycles. The first-order valence-corrected chi connectivity index (χ1v) is 9.81. The van der Waals surface area contributed by atoms with E-state index in [1.807, 2.05) is 26.0 Å². The third-order valence-corrected chi connectivity index (χ3v) is 4.89. The van der Waals surface area contributed by atoms with Crippen LogP contribution in [-0.2, 0) is 24.2 Å². The molecule has 2 aromatic rings. The van der Waals surface area contributed by atoms with Gasteiger partial charge in [-0.15, -0.1) is 0 Å². The van der Waals surface area contributed by atoms with Crippen LogP contribution >= 0.6 is 0 Å². The molecule has 1 aliphatic rings. The predicted molar refractivity (Wildman–Crippen MR) is 110 cm³/mol. The highest BCUT2D eigenvalue weighted by molar-refractivity contribution is 5.94. The molecule has 0 radical (unpaired) electrons. The average molecular weight is 397 g/mol. The molecule has 29 heavy (non-hydrogen) atoms. The number of amides is 1. The van der Waals surface area contributed by atoms with E-state index >= 15 is 0 Å². The van der Waals surface area contributed by atoms with Crippen molar-refractivity contribution in [1.29, 1.82) is 0 Å². The predicted octanol–water partition coefficient (Wildman–Crippen LogP) is 3.48. The van der Waals surface area contributed by atoms with E-state index in [2.05, 4.69) is 5.32 Å². The van der Waals surface area contributed by atoms with E-state index in [1.54, 1.807) is 25.3 Å². The van der Waals surface area contributed by atoms with Gasteiger partial charge in [-0.1, -0.05) is 0 Å². The molecular weight excluding hydrogens is 370 g/mol. The van der Waals surface area contributed by atoms with Crippen LogP contribution in [0.1, 0.15) is 47.8 Å². The largest absolute Gasteiger partial charge is 0.496 e. The lowest BCUT2D eigenvalue weighted by atomic mass is 10.0. The number of methoxy groups -OCH3 is 1. The highest BCUT2D eigenvalue weighted by Gasteiger charge is 2.22. The maximum Gasteiger partial charge on any atom is 0.224 e. The summed E-state index contributed by atoms with van der Waals surface area (Å²) in [6, 6.07) is 9.06. The molecule has 6 nitrogen and oxygen atoms in total. The molecule has 0 spiro atoms. The first-order valence-electron chi connectivity index (χ1n) is 9.81. The normalized spacial score (nSPS) is 14.7. The molecule has 0 aromatic heterocycles. The summed E-state index contributed by atoms with van der Waals surface area (Å²) in [6.45, 7) is 6.34. The Morgan fingerprint density at radius 3 is 2.66 bits per heavy atom. The second-order valence-electron chi connectivity index (χ2n) is 7.17. The fourth-order valence-electron chi connectivity index (χ4n) is 3.47. The lowest BCUT2D eigenvalue weighted by Crippen LogP contribution is -2.25. The van der Waals surface area contributed by atoms with Crippen LogP contribution in [0.5, 0.6) is 17.2 Å². The molecule has 1 atom stereocenters. The second-order valence-corrected chi connectivity index (χ2v) is 7.17. The Labute approximate surface area is 171 Å².